The Morgan fingerprint density at radius 3 is 2.47 bits per heavy atom. The van der Waals surface area contributed by atoms with Crippen molar-refractivity contribution in [2.75, 3.05) is 24.3 Å². The summed E-state index contributed by atoms with van der Waals surface area (Å²) < 4.78 is 13.6. The van der Waals surface area contributed by atoms with Crippen LogP contribution in [0.15, 0.2) is 42.5 Å². The van der Waals surface area contributed by atoms with Crippen molar-refractivity contribution in [3.63, 3.8) is 0 Å². The molecule has 6 heteroatoms. The second kappa shape index (κ2) is 9.74. The number of amides is 2. The van der Waals surface area contributed by atoms with E-state index in [1.54, 1.807) is 11.0 Å². The minimum atomic E-state index is -0.314. The largest absolute Gasteiger partial charge is 0.377 e. The highest BCUT2D eigenvalue weighted by Gasteiger charge is 2.25. The Kier molecular flexibility index (Phi) is 7.08. The number of rotatable bonds is 8. The van der Waals surface area contributed by atoms with Gasteiger partial charge in [-0.1, -0.05) is 25.5 Å². The standard InChI is InChI=1S/C24H30FN3O2/c1-4-23(29)28(15-17-7-5-10-20(25)13-17)16-19-14-21(11-12-22(19)27(2)3)26-24(30)18-8-6-9-18/h5,7,10-14,18H,4,6,8-9,15-16H2,1-3H3,(H,26,30). The molecule has 160 valence electrons. The average molecular weight is 412 g/mol. The number of hydrogen-bond donors (Lipinski definition) is 1. The average Bonchev–Trinajstić information content (AvgIpc) is 2.65. The number of hydrogen-bond acceptors (Lipinski definition) is 3. The molecule has 1 aliphatic carbocycles. The molecule has 0 unspecified atom stereocenters. The fourth-order valence-corrected chi connectivity index (χ4v) is 3.66. The summed E-state index contributed by atoms with van der Waals surface area (Å²) in [6.45, 7) is 2.53. The molecule has 0 atom stereocenters. The topological polar surface area (TPSA) is 52.7 Å². The second-order valence-electron chi connectivity index (χ2n) is 8.09. The maximum absolute atomic E-state index is 13.6. The number of halogens is 1. The molecule has 0 radical (unpaired) electrons. The van der Waals surface area contributed by atoms with E-state index in [2.05, 4.69) is 5.32 Å². The maximum atomic E-state index is 13.6. The molecule has 1 fully saturated rings. The van der Waals surface area contributed by atoms with E-state index in [1.165, 1.54) is 12.1 Å². The van der Waals surface area contributed by atoms with E-state index in [0.717, 1.165) is 41.8 Å². The van der Waals surface area contributed by atoms with Crippen molar-refractivity contribution in [1.29, 1.82) is 0 Å². The van der Waals surface area contributed by atoms with Gasteiger partial charge < -0.3 is 15.1 Å². The van der Waals surface area contributed by atoms with Crippen LogP contribution in [-0.4, -0.2) is 30.8 Å². The van der Waals surface area contributed by atoms with Crippen molar-refractivity contribution in [2.45, 2.75) is 45.7 Å². The molecule has 0 bridgehead atoms. The minimum absolute atomic E-state index is 0.00660. The van der Waals surface area contributed by atoms with E-state index in [9.17, 15) is 14.0 Å². The number of anilines is 2. The summed E-state index contributed by atoms with van der Waals surface area (Å²) in [7, 11) is 3.90. The molecule has 1 N–H and O–H groups in total. The second-order valence-corrected chi connectivity index (χ2v) is 8.09. The highest BCUT2D eigenvalue weighted by Crippen LogP contribution is 2.29. The highest BCUT2D eigenvalue weighted by atomic mass is 19.1. The molecule has 2 aromatic rings. The van der Waals surface area contributed by atoms with Gasteiger partial charge in [0.15, 0.2) is 0 Å². The van der Waals surface area contributed by atoms with Crippen LogP contribution in [-0.2, 0) is 22.7 Å². The number of benzene rings is 2. The predicted molar refractivity (Wildman–Crippen MR) is 118 cm³/mol. The van der Waals surface area contributed by atoms with Crippen molar-refractivity contribution < 1.29 is 14.0 Å². The summed E-state index contributed by atoms with van der Waals surface area (Å²) in [4.78, 5) is 28.7. The Morgan fingerprint density at radius 2 is 1.87 bits per heavy atom. The lowest BCUT2D eigenvalue weighted by Crippen LogP contribution is -2.30. The lowest BCUT2D eigenvalue weighted by molar-refractivity contribution is -0.132. The first-order valence-corrected chi connectivity index (χ1v) is 10.5. The van der Waals surface area contributed by atoms with Crippen LogP contribution >= 0.6 is 0 Å². The molecule has 2 amide bonds. The van der Waals surface area contributed by atoms with Gasteiger partial charge in [0, 0.05) is 50.9 Å². The fourth-order valence-electron chi connectivity index (χ4n) is 3.66. The van der Waals surface area contributed by atoms with Crippen LogP contribution < -0.4 is 10.2 Å². The zero-order valence-electron chi connectivity index (χ0n) is 18.0. The minimum Gasteiger partial charge on any atom is -0.377 e. The Morgan fingerprint density at radius 1 is 1.10 bits per heavy atom. The van der Waals surface area contributed by atoms with Crippen molar-refractivity contribution >= 4 is 23.2 Å². The quantitative estimate of drug-likeness (QED) is 0.692. The van der Waals surface area contributed by atoms with Crippen LogP contribution in [0.2, 0.25) is 0 Å². The molecular weight excluding hydrogens is 381 g/mol. The molecule has 3 rings (SSSR count). The number of carbonyl (C=O) groups is 2. The lowest BCUT2D eigenvalue weighted by atomic mass is 9.85. The summed E-state index contributed by atoms with van der Waals surface area (Å²) in [5.74, 6) is -0.155. The number of nitrogens with zero attached hydrogens (tertiary/aromatic N) is 2. The monoisotopic (exact) mass is 411 g/mol. The first-order chi connectivity index (χ1) is 14.4. The van der Waals surface area contributed by atoms with Crippen molar-refractivity contribution in [2.24, 2.45) is 5.92 Å². The molecule has 1 aliphatic rings. The molecule has 0 saturated heterocycles. The van der Waals surface area contributed by atoms with Crippen molar-refractivity contribution in [1.82, 2.24) is 4.90 Å². The Balaban J connectivity index is 1.84. The molecule has 30 heavy (non-hydrogen) atoms. The molecule has 1 saturated carbocycles. The van der Waals surface area contributed by atoms with Gasteiger partial charge in [-0.2, -0.15) is 0 Å². The van der Waals surface area contributed by atoms with E-state index in [1.807, 2.05) is 50.2 Å². The normalized spacial score (nSPS) is 13.5. The van der Waals surface area contributed by atoms with E-state index >= 15 is 0 Å². The third kappa shape index (κ3) is 5.38. The van der Waals surface area contributed by atoms with Gasteiger partial charge in [-0.25, -0.2) is 4.39 Å². The predicted octanol–water partition coefficient (Wildman–Crippen LogP) is 4.57. The van der Waals surface area contributed by atoms with Crippen LogP contribution in [0.5, 0.6) is 0 Å². The summed E-state index contributed by atoms with van der Waals surface area (Å²) in [6, 6.07) is 12.1. The van der Waals surface area contributed by atoms with Crippen LogP contribution in [0.4, 0.5) is 15.8 Å². The molecule has 0 aliphatic heterocycles. The van der Waals surface area contributed by atoms with Gasteiger partial charge in [-0.15, -0.1) is 0 Å². The van der Waals surface area contributed by atoms with Crippen molar-refractivity contribution in [3.05, 3.63) is 59.4 Å². The van der Waals surface area contributed by atoms with E-state index in [4.69, 9.17) is 0 Å². The van der Waals surface area contributed by atoms with Gasteiger partial charge in [-0.05, 0) is 54.3 Å². The van der Waals surface area contributed by atoms with Gasteiger partial charge in [0.1, 0.15) is 5.82 Å². The lowest BCUT2D eigenvalue weighted by Gasteiger charge is -2.27. The Hall–Kier alpha value is -2.89. The van der Waals surface area contributed by atoms with Crippen molar-refractivity contribution in [3.8, 4) is 0 Å². The zero-order chi connectivity index (χ0) is 21.7. The van der Waals surface area contributed by atoms with Gasteiger partial charge in [0.25, 0.3) is 0 Å². The highest BCUT2D eigenvalue weighted by molar-refractivity contribution is 5.93. The number of nitrogens with one attached hydrogen (secondary N) is 1. The molecular formula is C24H30FN3O2. The zero-order valence-corrected chi connectivity index (χ0v) is 18.0. The molecule has 2 aromatic carbocycles. The van der Waals surface area contributed by atoms with Gasteiger partial charge in [0.05, 0.1) is 0 Å². The van der Waals surface area contributed by atoms with Gasteiger partial charge in [-0.3, -0.25) is 9.59 Å². The Bertz CT molecular complexity index is 909. The smallest absolute Gasteiger partial charge is 0.227 e. The first kappa shape index (κ1) is 21.8. The third-order valence-corrected chi connectivity index (χ3v) is 5.58. The summed E-state index contributed by atoms with van der Waals surface area (Å²) in [6.07, 6.45) is 3.36. The summed E-state index contributed by atoms with van der Waals surface area (Å²) >= 11 is 0. The van der Waals surface area contributed by atoms with Crippen LogP contribution in [0.25, 0.3) is 0 Å². The molecule has 0 heterocycles. The maximum Gasteiger partial charge on any atom is 0.227 e. The SMILES string of the molecule is CCC(=O)N(Cc1cccc(F)c1)Cc1cc(NC(=O)C2CCC2)ccc1N(C)C. The third-order valence-electron chi connectivity index (χ3n) is 5.58. The van der Waals surface area contributed by atoms with Gasteiger partial charge >= 0.3 is 0 Å². The van der Waals surface area contributed by atoms with E-state index < -0.39 is 0 Å². The van der Waals surface area contributed by atoms with Gasteiger partial charge in [0.2, 0.25) is 11.8 Å². The first-order valence-electron chi connectivity index (χ1n) is 10.5. The van der Waals surface area contributed by atoms with E-state index in [0.29, 0.717) is 19.5 Å². The van der Waals surface area contributed by atoms with Crippen LogP contribution in [0.1, 0.15) is 43.7 Å². The summed E-state index contributed by atoms with van der Waals surface area (Å²) in [5.41, 5.74) is 3.40. The molecule has 5 nitrogen and oxygen atoms in total. The molecule has 0 spiro atoms. The molecule has 0 aromatic heterocycles. The van der Waals surface area contributed by atoms with Crippen LogP contribution in [0.3, 0.4) is 0 Å². The van der Waals surface area contributed by atoms with Crippen LogP contribution in [0, 0.1) is 11.7 Å². The van der Waals surface area contributed by atoms with E-state index in [-0.39, 0.29) is 23.5 Å². The Labute approximate surface area is 177 Å². The number of carbonyl (C=O) groups excluding carboxylic acids is 2. The fraction of sp³-hybridized carbons (Fsp3) is 0.417. The summed E-state index contributed by atoms with van der Waals surface area (Å²) in [5, 5.41) is 3.01.